The number of nitrogens with one attached hydrogen (secondary N) is 3. The van der Waals surface area contributed by atoms with Gasteiger partial charge in [0, 0.05) is 17.4 Å². The van der Waals surface area contributed by atoms with Gasteiger partial charge in [-0.3, -0.25) is 4.79 Å². The van der Waals surface area contributed by atoms with Crippen molar-refractivity contribution in [1.82, 2.24) is 5.32 Å². The SMILES string of the molecule is CC(C)NC(=O)Nc1ccc(NC(=O)CN)cc1. The van der Waals surface area contributed by atoms with Crippen LogP contribution in [0.1, 0.15) is 13.8 Å². The van der Waals surface area contributed by atoms with E-state index >= 15 is 0 Å². The van der Waals surface area contributed by atoms with E-state index in [2.05, 4.69) is 16.0 Å². The molecule has 1 rings (SSSR count). The van der Waals surface area contributed by atoms with Crippen LogP contribution in [0.5, 0.6) is 0 Å². The van der Waals surface area contributed by atoms with Crippen molar-refractivity contribution < 1.29 is 9.59 Å². The van der Waals surface area contributed by atoms with E-state index in [-0.39, 0.29) is 24.5 Å². The molecule has 1 aromatic rings. The van der Waals surface area contributed by atoms with Gasteiger partial charge in [-0.2, -0.15) is 0 Å². The number of hydrogen-bond donors (Lipinski definition) is 4. The zero-order valence-corrected chi connectivity index (χ0v) is 10.5. The predicted octanol–water partition coefficient (Wildman–Crippen LogP) is 1.11. The summed E-state index contributed by atoms with van der Waals surface area (Å²) in [5.74, 6) is -0.256. The Morgan fingerprint density at radius 2 is 1.61 bits per heavy atom. The number of rotatable bonds is 4. The van der Waals surface area contributed by atoms with Gasteiger partial charge < -0.3 is 21.7 Å². The smallest absolute Gasteiger partial charge is 0.319 e. The van der Waals surface area contributed by atoms with Gasteiger partial charge in [0.05, 0.1) is 6.54 Å². The lowest BCUT2D eigenvalue weighted by molar-refractivity contribution is -0.114. The maximum atomic E-state index is 11.4. The molecule has 0 atom stereocenters. The molecule has 0 radical (unpaired) electrons. The molecule has 18 heavy (non-hydrogen) atoms. The van der Waals surface area contributed by atoms with E-state index in [0.717, 1.165) is 0 Å². The number of hydrogen-bond acceptors (Lipinski definition) is 3. The highest BCUT2D eigenvalue weighted by molar-refractivity contribution is 5.93. The lowest BCUT2D eigenvalue weighted by Crippen LogP contribution is -2.34. The lowest BCUT2D eigenvalue weighted by atomic mass is 10.3. The third-order valence-corrected chi connectivity index (χ3v) is 2.03. The highest BCUT2D eigenvalue weighted by Crippen LogP contribution is 2.13. The highest BCUT2D eigenvalue weighted by Gasteiger charge is 2.03. The van der Waals surface area contributed by atoms with Crippen LogP contribution >= 0.6 is 0 Å². The first-order valence-corrected chi connectivity index (χ1v) is 5.68. The minimum atomic E-state index is -0.260. The van der Waals surface area contributed by atoms with Gasteiger partial charge >= 0.3 is 6.03 Å². The van der Waals surface area contributed by atoms with Crippen molar-refractivity contribution in [2.24, 2.45) is 5.73 Å². The predicted molar refractivity (Wildman–Crippen MR) is 71.4 cm³/mol. The van der Waals surface area contributed by atoms with Crippen molar-refractivity contribution in [1.29, 1.82) is 0 Å². The van der Waals surface area contributed by atoms with Crippen molar-refractivity contribution in [3.05, 3.63) is 24.3 Å². The van der Waals surface area contributed by atoms with Gasteiger partial charge in [-0.15, -0.1) is 0 Å². The van der Waals surface area contributed by atoms with Gasteiger partial charge in [-0.25, -0.2) is 4.79 Å². The van der Waals surface area contributed by atoms with Crippen LogP contribution in [0.15, 0.2) is 24.3 Å². The van der Waals surface area contributed by atoms with Gasteiger partial charge in [0.15, 0.2) is 0 Å². The molecule has 3 amide bonds. The van der Waals surface area contributed by atoms with Crippen molar-refractivity contribution in [2.75, 3.05) is 17.2 Å². The van der Waals surface area contributed by atoms with Crippen LogP contribution < -0.4 is 21.7 Å². The lowest BCUT2D eigenvalue weighted by Gasteiger charge is -2.10. The molecule has 6 nitrogen and oxygen atoms in total. The second kappa shape index (κ2) is 6.61. The molecule has 6 heteroatoms. The Hall–Kier alpha value is -2.08. The summed E-state index contributed by atoms with van der Waals surface area (Å²) in [4.78, 5) is 22.5. The molecule has 0 spiro atoms. The summed E-state index contributed by atoms with van der Waals surface area (Å²) in [5.41, 5.74) is 6.48. The largest absolute Gasteiger partial charge is 0.336 e. The summed E-state index contributed by atoms with van der Waals surface area (Å²) in [6, 6.07) is 6.60. The topological polar surface area (TPSA) is 96.2 Å². The Kier molecular flexibility index (Phi) is 5.13. The van der Waals surface area contributed by atoms with Crippen molar-refractivity contribution >= 4 is 23.3 Å². The molecule has 0 aromatic heterocycles. The van der Waals surface area contributed by atoms with E-state index in [1.165, 1.54) is 0 Å². The first-order valence-electron chi connectivity index (χ1n) is 5.68. The van der Waals surface area contributed by atoms with E-state index in [0.29, 0.717) is 11.4 Å². The molecular formula is C12H18N4O2. The number of carbonyl (C=O) groups excluding carboxylic acids is 2. The van der Waals surface area contributed by atoms with Crippen molar-refractivity contribution in [2.45, 2.75) is 19.9 Å². The molecule has 0 heterocycles. The van der Waals surface area contributed by atoms with Crippen LogP contribution in [0.3, 0.4) is 0 Å². The van der Waals surface area contributed by atoms with Gasteiger partial charge in [0.25, 0.3) is 0 Å². The first-order chi connectivity index (χ1) is 8.51. The van der Waals surface area contributed by atoms with E-state index in [9.17, 15) is 9.59 Å². The van der Waals surface area contributed by atoms with E-state index in [4.69, 9.17) is 5.73 Å². The average Bonchev–Trinajstić information content (AvgIpc) is 2.30. The number of amides is 3. The van der Waals surface area contributed by atoms with Crippen LogP contribution in [0, 0.1) is 0 Å². The van der Waals surface area contributed by atoms with Crippen LogP contribution in [-0.2, 0) is 4.79 Å². The van der Waals surface area contributed by atoms with Crippen LogP contribution in [0.25, 0.3) is 0 Å². The summed E-state index contributed by atoms with van der Waals surface area (Å²) >= 11 is 0. The molecule has 0 bridgehead atoms. The summed E-state index contributed by atoms with van der Waals surface area (Å²) < 4.78 is 0. The van der Waals surface area contributed by atoms with Gasteiger partial charge in [0.2, 0.25) is 5.91 Å². The molecule has 0 aliphatic heterocycles. The van der Waals surface area contributed by atoms with Crippen molar-refractivity contribution in [3.8, 4) is 0 Å². The maximum Gasteiger partial charge on any atom is 0.319 e. The minimum absolute atomic E-state index is 0.0587. The highest BCUT2D eigenvalue weighted by atomic mass is 16.2. The molecule has 1 aromatic carbocycles. The second-order valence-corrected chi connectivity index (χ2v) is 4.08. The zero-order chi connectivity index (χ0) is 13.5. The standard InChI is InChI=1S/C12H18N4O2/c1-8(2)14-12(18)16-10-5-3-9(4-6-10)15-11(17)7-13/h3-6,8H,7,13H2,1-2H3,(H,15,17)(H2,14,16,18). The van der Waals surface area contributed by atoms with E-state index < -0.39 is 0 Å². The summed E-state index contributed by atoms with van der Waals surface area (Å²) in [7, 11) is 0. The zero-order valence-electron chi connectivity index (χ0n) is 10.5. The quantitative estimate of drug-likeness (QED) is 0.644. The molecule has 5 N–H and O–H groups in total. The first kappa shape index (κ1) is 14.0. The number of anilines is 2. The van der Waals surface area contributed by atoms with Crippen LogP contribution in [0.2, 0.25) is 0 Å². The molecule has 0 fully saturated rings. The summed E-state index contributed by atoms with van der Waals surface area (Å²) in [5, 5.41) is 8.00. The van der Waals surface area contributed by atoms with E-state index in [1.54, 1.807) is 24.3 Å². The molecule has 0 unspecified atom stereocenters. The Bertz CT molecular complexity index is 415. The maximum absolute atomic E-state index is 11.4. The molecule has 0 aliphatic rings. The molecule has 0 saturated heterocycles. The van der Waals surface area contributed by atoms with Crippen LogP contribution in [0.4, 0.5) is 16.2 Å². The fraction of sp³-hybridized carbons (Fsp3) is 0.333. The van der Waals surface area contributed by atoms with E-state index in [1.807, 2.05) is 13.8 Å². The molecular weight excluding hydrogens is 232 g/mol. The summed E-state index contributed by atoms with van der Waals surface area (Å²) in [6.45, 7) is 3.70. The number of urea groups is 1. The molecule has 98 valence electrons. The Morgan fingerprint density at radius 3 is 2.06 bits per heavy atom. The third-order valence-electron chi connectivity index (χ3n) is 2.03. The average molecular weight is 250 g/mol. The van der Waals surface area contributed by atoms with Gasteiger partial charge in [-0.1, -0.05) is 0 Å². The molecule has 0 saturated carbocycles. The minimum Gasteiger partial charge on any atom is -0.336 e. The van der Waals surface area contributed by atoms with Gasteiger partial charge in [-0.05, 0) is 38.1 Å². The normalized spacial score (nSPS) is 10.0. The second-order valence-electron chi connectivity index (χ2n) is 4.08. The van der Waals surface area contributed by atoms with Crippen LogP contribution in [-0.4, -0.2) is 24.5 Å². The monoisotopic (exact) mass is 250 g/mol. The Labute approximate surface area is 106 Å². The number of nitrogens with two attached hydrogens (primary N) is 1. The van der Waals surface area contributed by atoms with Crippen molar-refractivity contribution in [3.63, 3.8) is 0 Å². The number of benzene rings is 1. The fourth-order valence-corrected chi connectivity index (χ4v) is 1.28. The number of carbonyl (C=O) groups is 2. The summed E-state index contributed by atoms with van der Waals surface area (Å²) in [6.07, 6.45) is 0. The Balaban J connectivity index is 2.55. The third kappa shape index (κ3) is 4.84. The van der Waals surface area contributed by atoms with Gasteiger partial charge in [0.1, 0.15) is 0 Å². The molecule has 0 aliphatic carbocycles. The Morgan fingerprint density at radius 1 is 1.11 bits per heavy atom. The fourth-order valence-electron chi connectivity index (χ4n) is 1.28.